The van der Waals surface area contributed by atoms with Gasteiger partial charge in [-0.3, -0.25) is 9.48 Å². The number of rotatable bonds is 4. The Labute approximate surface area is 170 Å². The zero-order valence-electron chi connectivity index (χ0n) is 17.5. The maximum absolute atomic E-state index is 13.2. The molecule has 0 radical (unpaired) electrons. The predicted octanol–water partition coefficient (Wildman–Crippen LogP) is 2.69. The molecular weight excluding hydrogens is 366 g/mol. The summed E-state index contributed by atoms with van der Waals surface area (Å²) in [6.45, 7) is 7.74. The molecule has 4 rings (SSSR count). The van der Waals surface area contributed by atoms with Crippen molar-refractivity contribution in [3.8, 4) is 0 Å². The van der Waals surface area contributed by atoms with Gasteiger partial charge in [0, 0.05) is 45.1 Å². The first-order valence-electron chi connectivity index (χ1n) is 9.92. The van der Waals surface area contributed by atoms with Gasteiger partial charge in [-0.25, -0.2) is 4.98 Å². The van der Waals surface area contributed by atoms with E-state index < -0.39 is 0 Å². The Balaban J connectivity index is 1.54. The zero-order chi connectivity index (χ0) is 20.5. The molecule has 0 atom stereocenters. The number of aryl methyl sites for hydroxylation is 3. The third-order valence-corrected chi connectivity index (χ3v) is 5.41. The number of ether oxygens (including phenoxy) is 1. The molecule has 29 heavy (non-hydrogen) atoms. The number of fused-ring (bicyclic) bond motifs is 1. The highest BCUT2D eigenvalue weighted by Gasteiger charge is 2.20. The van der Waals surface area contributed by atoms with E-state index in [1.165, 1.54) is 5.69 Å². The van der Waals surface area contributed by atoms with Crippen LogP contribution in [0.25, 0.3) is 11.0 Å². The number of hydrogen-bond acceptors (Lipinski definition) is 5. The number of pyridine rings is 1. The van der Waals surface area contributed by atoms with E-state index >= 15 is 0 Å². The number of hydrogen-bond donors (Lipinski definition) is 0. The molecule has 0 bridgehead atoms. The number of carbonyl (C=O) groups is 1. The Morgan fingerprint density at radius 2 is 1.86 bits per heavy atom. The lowest BCUT2D eigenvalue weighted by atomic mass is 10.1. The first-order valence-corrected chi connectivity index (χ1v) is 9.92. The SMILES string of the molecule is Cc1cc(C(=O)N(C)Cc2ccc(N3CCOCC3)cc2)c2c(C)nn(C)c2n1. The monoisotopic (exact) mass is 393 g/mol. The van der Waals surface area contributed by atoms with Gasteiger partial charge in [0.1, 0.15) is 0 Å². The van der Waals surface area contributed by atoms with Crippen LogP contribution in [0.1, 0.15) is 27.3 Å². The van der Waals surface area contributed by atoms with Gasteiger partial charge in [-0.2, -0.15) is 5.10 Å². The number of morpholine rings is 1. The summed E-state index contributed by atoms with van der Waals surface area (Å²) in [5.74, 6) is -0.0196. The normalized spacial score (nSPS) is 14.4. The minimum atomic E-state index is -0.0196. The average molecular weight is 393 g/mol. The van der Waals surface area contributed by atoms with Crippen LogP contribution in [0.15, 0.2) is 30.3 Å². The van der Waals surface area contributed by atoms with Crippen molar-refractivity contribution in [2.24, 2.45) is 7.05 Å². The molecule has 0 aliphatic carbocycles. The van der Waals surface area contributed by atoms with Crippen molar-refractivity contribution in [1.29, 1.82) is 0 Å². The van der Waals surface area contributed by atoms with Gasteiger partial charge < -0.3 is 14.5 Å². The molecule has 1 aliphatic rings. The van der Waals surface area contributed by atoms with Crippen molar-refractivity contribution in [2.45, 2.75) is 20.4 Å². The van der Waals surface area contributed by atoms with Gasteiger partial charge in [-0.15, -0.1) is 0 Å². The van der Waals surface area contributed by atoms with Crippen LogP contribution in [0.5, 0.6) is 0 Å². The Morgan fingerprint density at radius 3 is 2.55 bits per heavy atom. The summed E-state index contributed by atoms with van der Waals surface area (Å²) in [6, 6.07) is 10.3. The maximum atomic E-state index is 13.2. The van der Waals surface area contributed by atoms with Crippen LogP contribution < -0.4 is 4.90 Å². The van der Waals surface area contributed by atoms with Crippen LogP contribution in [0.4, 0.5) is 5.69 Å². The van der Waals surface area contributed by atoms with Crippen molar-refractivity contribution in [2.75, 3.05) is 38.3 Å². The fraction of sp³-hybridized carbons (Fsp3) is 0.409. The van der Waals surface area contributed by atoms with Crippen LogP contribution in [0.2, 0.25) is 0 Å². The molecule has 3 heterocycles. The second-order valence-corrected chi connectivity index (χ2v) is 7.65. The van der Waals surface area contributed by atoms with Crippen molar-refractivity contribution < 1.29 is 9.53 Å². The van der Waals surface area contributed by atoms with Gasteiger partial charge >= 0.3 is 0 Å². The highest BCUT2D eigenvalue weighted by molar-refractivity contribution is 6.06. The lowest BCUT2D eigenvalue weighted by molar-refractivity contribution is 0.0787. The van der Waals surface area contributed by atoms with Crippen LogP contribution >= 0.6 is 0 Å². The molecule has 2 aromatic heterocycles. The van der Waals surface area contributed by atoms with Crippen LogP contribution in [0.3, 0.4) is 0 Å². The molecule has 0 spiro atoms. The van der Waals surface area contributed by atoms with Crippen molar-refractivity contribution in [1.82, 2.24) is 19.7 Å². The highest BCUT2D eigenvalue weighted by atomic mass is 16.5. The van der Waals surface area contributed by atoms with Gasteiger partial charge in [0.05, 0.1) is 29.9 Å². The van der Waals surface area contributed by atoms with Gasteiger partial charge in [0.25, 0.3) is 5.91 Å². The number of nitrogens with zero attached hydrogens (tertiary/aromatic N) is 5. The molecular formula is C22H27N5O2. The zero-order valence-corrected chi connectivity index (χ0v) is 17.5. The summed E-state index contributed by atoms with van der Waals surface area (Å²) in [5, 5.41) is 5.27. The summed E-state index contributed by atoms with van der Waals surface area (Å²) in [6.07, 6.45) is 0. The first kappa shape index (κ1) is 19.4. The molecule has 3 aromatic rings. The third-order valence-electron chi connectivity index (χ3n) is 5.41. The smallest absolute Gasteiger partial charge is 0.254 e. The summed E-state index contributed by atoms with van der Waals surface area (Å²) in [7, 11) is 3.70. The second-order valence-electron chi connectivity index (χ2n) is 7.65. The summed E-state index contributed by atoms with van der Waals surface area (Å²) < 4.78 is 7.15. The Bertz CT molecular complexity index is 1040. The largest absolute Gasteiger partial charge is 0.378 e. The van der Waals surface area contributed by atoms with E-state index in [0.29, 0.717) is 12.1 Å². The lowest BCUT2D eigenvalue weighted by Crippen LogP contribution is -2.36. The molecule has 1 saturated heterocycles. The molecule has 1 fully saturated rings. The van der Waals surface area contributed by atoms with Crippen LogP contribution in [-0.4, -0.2) is 58.9 Å². The number of aromatic nitrogens is 3. The van der Waals surface area contributed by atoms with Crippen LogP contribution in [0, 0.1) is 13.8 Å². The van der Waals surface area contributed by atoms with Gasteiger partial charge in [-0.05, 0) is 37.6 Å². The van der Waals surface area contributed by atoms with E-state index in [1.54, 1.807) is 9.58 Å². The van der Waals surface area contributed by atoms with E-state index in [0.717, 1.165) is 54.3 Å². The van der Waals surface area contributed by atoms with Gasteiger partial charge in [0.2, 0.25) is 0 Å². The van der Waals surface area contributed by atoms with E-state index in [9.17, 15) is 4.79 Å². The van der Waals surface area contributed by atoms with Gasteiger partial charge in [0.15, 0.2) is 5.65 Å². The molecule has 1 aromatic carbocycles. The molecule has 0 unspecified atom stereocenters. The van der Waals surface area contributed by atoms with E-state index in [-0.39, 0.29) is 5.91 Å². The van der Waals surface area contributed by atoms with Crippen molar-refractivity contribution >= 4 is 22.6 Å². The van der Waals surface area contributed by atoms with E-state index in [1.807, 2.05) is 34.0 Å². The minimum absolute atomic E-state index is 0.0196. The third kappa shape index (κ3) is 3.82. The maximum Gasteiger partial charge on any atom is 0.254 e. The Kier molecular flexibility index (Phi) is 5.24. The van der Waals surface area contributed by atoms with E-state index in [4.69, 9.17) is 4.74 Å². The van der Waals surface area contributed by atoms with Crippen molar-refractivity contribution in [3.05, 3.63) is 52.8 Å². The number of amides is 1. The van der Waals surface area contributed by atoms with Gasteiger partial charge in [-0.1, -0.05) is 12.1 Å². The highest BCUT2D eigenvalue weighted by Crippen LogP contribution is 2.24. The Hall–Kier alpha value is -2.93. The van der Waals surface area contributed by atoms with Crippen LogP contribution in [-0.2, 0) is 18.3 Å². The molecule has 0 saturated carbocycles. The van der Waals surface area contributed by atoms with Crippen molar-refractivity contribution in [3.63, 3.8) is 0 Å². The second kappa shape index (κ2) is 7.83. The summed E-state index contributed by atoms with van der Waals surface area (Å²) in [4.78, 5) is 21.9. The average Bonchev–Trinajstić information content (AvgIpc) is 3.01. The fourth-order valence-electron chi connectivity index (χ4n) is 3.92. The fourth-order valence-corrected chi connectivity index (χ4v) is 3.92. The molecule has 1 amide bonds. The number of anilines is 1. The molecule has 1 aliphatic heterocycles. The quantitative estimate of drug-likeness (QED) is 0.682. The summed E-state index contributed by atoms with van der Waals surface area (Å²) in [5.41, 5.74) is 5.33. The first-order chi connectivity index (χ1) is 13.9. The number of benzene rings is 1. The Morgan fingerprint density at radius 1 is 1.17 bits per heavy atom. The standard InChI is InChI=1S/C22H27N5O2/c1-15-13-19(20-16(2)24-26(4)21(20)23-15)22(28)25(3)14-17-5-7-18(8-6-17)27-9-11-29-12-10-27/h5-8,13H,9-12,14H2,1-4H3. The summed E-state index contributed by atoms with van der Waals surface area (Å²) >= 11 is 0. The predicted molar refractivity (Wildman–Crippen MR) is 113 cm³/mol. The molecule has 7 nitrogen and oxygen atoms in total. The molecule has 7 heteroatoms. The molecule has 0 N–H and O–H groups in total. The minimum Gasteiger partial charge on any atom is -0.378 e. The topological polar surface area (TPSA) is 63.5 Å². The van der Waals surface area contributed by atoms with E-state index in [2.05, 4.69) is 39.2 Å². The molecule has 152 valence electrons. The number of carbonyl (C=O) groups excluding carboxylic acids is 1. The lowest BCUT2D eigenvalue weighted by Gasteiger charge is -2.29.